The molecule has 0 rings (SSSR count). The predicted molar refractivity (Wildman–Crippen MR) is 52.8 cm³/mol. The van der Waals surface area contributed by atoms with E-state index in [1.807, 2.05) is 6.92 Å². The number of nitrogens with zero attached hydrogens (tertiary/aromatic N) is 1. The minimum Gasteiger partial charge on any atom is -0.480 e. The zero-order chi connectivity index (χ0) is 11.1. The molecule has 5 nitrogen and oxygen atoms in total. The van der Waals surface area contributed by atoms with E-state index in [-0.39, 0.29) is 12.5 Å². The fourth-order valence-corrected chi connectivity index (χ4v) is 1.18. The van der Waals surface area contributed by atoms with Gasteiger partial charge in [-0.15, -0.1) is 0 Å². The normalized spacial score (nSPS) is 12.2. The Hall–Kier alpha value is -1.10. The molecule has 0 saturated carbocycles. The lowest BCUT2D eigenvalue weighted by atomic mass is 10.1. The standard InChI is InChI=1S/C9H18N2O3/c1-3-5-7(10)9(14)11(4-2)6-8(12)13/h7H,3-6,10H2,1-2H3,(H,12,13)/t7-/m0/s1. The van der Waals surface area contributed by atoms with Gasteiger partial charge in [-0.05, 0) is 13.3 Å². The van der Waals surface area contributed by atoms with E-state index in [1.54, 1.807) is 6.92 Å². The second-order valence-corrected chi connectivity index (χ2v) is 3.14. The Morgan fingerprint density at radius 1 is 1.43 bits per heavy atom. The Kier molecular flexibility index (Phi) is 5.87. The number of amides is 1. The van der Waals surface area contributed by atoms with E-state index < -0.39 is 12.0 Å². The second kappa shape index (κ2) is 6.37. The average molecular weight is 202 g/mol. The van der Waals surface area contributed by atoms with Crippen LogP contribution in [0.2, 0.25) is 0 Å². The molecular formula is C9H18N2O3. The fraction of sp³-hybridized carbons (Fsp3) is 0.778. The van der Waals surface area contributed by atoms with Crippen molar-refractivity contribution in [2.75, 3.05) is 13.1 Å². The maximum Gasteiger partial charge on any atom is 0.323 e. The summed E-state index contributed by atoms with van der Waals surface area (Å²) in [4.78, 5) is 23.2. The number of carbonyl (C=O) groups excluding carboxylic acids is 1. The van der Waals surface area contributed by atoms with Crippen LogP contribution in [-0.2, 0) is 9.59 Å². The van der Waals surface area contributed by atoms with Crippen molar-refractivity contribution in [3.63, 3.8) is 0 Å². The molecule has 0 unspecified atom stereocenters. The highest BCUT2D eigenvalue weighted by Crippen LogP contribution is 1.99. The van der Waals surface area contributed by atoms with E-state index in [4.69, 9.17) is 10.8 Å². The van der Waals surface area contributed by atoms with Crippen molar-refractivity contribution < 1.29 is 14.7 Å². The van der Waals surface area contributed by atoms with Crippen molar-refractivity contribution in [2.24, 2.45) is 5.73 Å². The molecule has 0 heterocycles. The third-order valence-corrected chi connectivity index (χ3v) is 1.94. The molecule has 0 aromatic heterocycles. The van der Waals surface area contributed by atoms with Crippen molar-refractivity contribution in [1.29, 1.82) is 0 Å². The van der Waals surface area contributed by atoms with Gasteiger partial charge in [-0.25, -0.2) is 0 Å². The number of aliphatic carboxylic acids is 1. The Morgan fingerprint density at radius 3 is 2.36 bits per heavy atom. The van der Waals surface area contributed by atoms with Gasteiger partial charge >= 0.3 is 5.97 Å². The number of rotatable bonds is 6. The van der Waals surface area contributed by atoms with Crippen LogP contribution in [0.5, 0.6) is 0 Å². The van der Waals surface area contributed by atoms with Crippen LogP contribution in [0.25, 0.3) is 0 Å². The summed E-state index contributed by atoms with van der Waals surface area (Å²) in [5.74, 6) is -1.29. The van der Waals surface area contributed by atoms with Crippen molar-refractivity contribution in [3.05, 3.63) is 0 Å². The lowest BCUT2D eigenvalue weighted by Gasteiger charge is -2.22. The minimum atomic E-state index is -1.01. The highest BCUT2D eigenvalue weighted by molar-refractivity contribution is 5.85. The molecule has 0 fully saturated rings. The molecular weight excluding hydrogens is 184 g/mol. The van der Waals surface area contributed by atoms with E-state index in [9.17, 15) is 9.59 Å². The molecule has 82 valence electrons. The van der Waals surface area contributed by atoms with E-state index in [0.29, 0.717) is 13.0 Å². The van der Waals surface area contributed by atoms with Crippen LogP contribution in [0.3, 0.4) is 0 Å². The average Bonchev–Trinajstić information content (AvgIpc) is 2.13. The van der Waals surface area contributed by atoms with Crippen LogP contribution in [0, 0.1) is 0 Å². The molecule has 0 saturated heterocycles. The van der Waals surface area contributed by atoms with Gasteiger partial charge in [0.1, 0.15) is 6.54 Å². The first-order valence-electron chi connectivity index (χ1n) is 4.79. The van der Waals surface area contributed by atoms with Gasteiger partial charge < -0.3 is 15.7 Å². The lowest BCUT2D eigenvalue weighted by Crippen LogP contribution is -2.45. The Bertz CT molecular complexity index is 206. The summed E-state index contributed by atoms with van der Waals surface area (Å²) >= 11 is 0. The van der Waals surface area contributed by atoms with Gasteiger partial charge in [-0.3, -0.25) is 9.59 Å². The van der Waals surface area contributed by atoms with Gasteiger partial charge in [-0.1, -0.05) is 13.3 Å². The van der Waals surface area contributed by atoms with Gasteiger partial charge in [-0.2, -0.15) is 0 Å². The van der Waals surface area contributed by atoms with Crippen molar-refractivity contribution in [2.45, 2.75) is 32.7 Å². The number of nitrogens with two attached hydrogens (primary N) is 1. The van der Waals surface area contributed by atoms with Crippen LogP contribution in [-0.4, -0.2) is 41.0 Å². The molecule has 0 aliphatic carbocycles. The van der Waals surface area contributed by atoms with Crippen molar-refractivity contribution >= 4 is 11.9 Å². The summed E-state index contributed by atoms with van der Waals surface area (Å²) in [6.07, 6.45) is 1.41. The quantitative estimate of drug-likeness (QED) is 0.637. The molecule has 0 aliphatic rings. The van der Waals surface area contributed by atoms with Crippen molar-refractivity contribution in [3.8, 4) is 0 Å². The van der Waals surface area contributed by atoms with Crippen LogP contribution < -0.4 is 5.73 Å². The highest BCUT2D eigenvalue weighted by Gasteiger charge is 2.20. The van der Waals surface area contributed by atoms with Gasteiger partial charge in [0.2, 0.25) is 5.91 Å². The summed E-state index contributed by atoms with van der Waals surface area (Å²) in [6.45, 7) is 3.77. The third-order valence-electron chi connectivity index (χ3n) is 1.94. The number of hydrogen-bond acceptors (Lipinski definition) is 3. The lowest BCUT2D eigenvalue weighted by molar-refractivity contribution is -0.144. The molecule has 0 bridgehead atoms. The molecule has 1 atom stereocenters. The van der Waals surface area contributed by atoms with Crippen LogP contribution in [0.4, 0.5) is 0 Å². The first kappa shape index (κ1) is 12.9. The Morgan fingerprint density at radius 2 is 2.00 bits per heavy atom. The van der Waals surface area contributed by atoms with Crippen LogP contribution in [0.15, 0.2) is 0 Å². The summed E-state index contributed by atoms with van der Waals surface area (Å²) in [5, 5.41) is 8.54. The zero-order valence-corrected chi connectivity index (χ0v) is 8.69. The second-order valence-electron chi connectivity index (χ2n) is 3.14. The monoisotopic (exact) mass is 202 g/mol. The first-order valence-corrected chi connectivity index (χ1v) is 4.79. The van der Waals surface area contributed by atoms with Crippen LogP contribution >= 0.6 is 0 Å². The van der Waals surface area contributed by atoms with Crippen molar-refractivity contribution in [1.82, 2.24) is 4.90 Å². The van der Waals surface area contributed by atoms with Gasteiger partial charge in [0.15, 0.2) is 0 Å². The topological polar surface area (TPSA) is 83.6 Å². The first-order chi connectivity index (χ1) is 6.52. The third kappa shape index (κ3) is 4.23. The minimum absolute atomic E-state index is 0.271. The number of carbonyl (C=O) groups is 2. The Balaban J connectivity index is 4.22. The van der Waals surface area contributed by atoms with E-state index in [0.717, 1.165) is 6.42 Å². The summed E-state index contributed by atoms with van der Waals surface area (Å²) < 4.78 is 0. The summed E-state index contributed by atoms with van der Waals surface area (Å²) in [5.41, 5.74) is 5.60. The summed E-state index contributed by atoms with van der Waals surface area (Å²) in [6, 6.07) is -0.570. The SMILES string of the molecule is CCC[C@H](N)C(=O)N(CC)CC(=O)O. The van der Waals surface area contributed by atoms with E-state index in [1.165, 1.54) is 4.90 Å². The molecule has 3 N–H and O–H groups in total. The molecule has 0 aliphatic heterocycles. The van der Waals surface area contributed by atoms with E-state index >= 15 is 0 Å². The number of carboxylic acids is 1. The molecule has 0 aromatic rings. The number of likely N-dealkylation sites (N-methyl/N-ethyl adjacent to an activating group) is 1. The van der Waals surface area contributed by atoms with Gasteiger partial charge in [0.05, 0.1) is 6.04 Å². The number of carboxylic acid groups (broad SMARTS) is 1. The smallest absolute Gasteiger partial charge is 0.323 e. The zero-order valence-electron chi connectivity index (χ0n) is 8.69. The Labute approximate surface area is 83.9 Å². The maximum atomic E-state index is 11.5. The highest BCUT2D eigenvalue weighted by atomic mass is 16.4. The number of hydrogen-bond donors (Lipinski definition) is 2. The predicted octanol–water partition coefficient (Wildman–Crippen LogP) is 0.0469. The largest absolute Gasteiger partial charge is 0.480 e. The van der Waals surface area contributed by atoms with Gasteiger partial charge in [0.25, 0.3) is 0 Å². The maximum absolute atomic E-state index is 11.5. The summed E-state index contributed by atoms with van der Waals surface area (Å²) in [7, 11) is 0. The fourth-order valence-electron chi connectivity index (χ4n) is 1.18. The molecule has 1 amide bonds. The molecule has 0 aromatic carbocycles. The van der Waals surface area contributed by atoms with Gasteiger partial charge in [0, 0.05) is 6.54 Å². The molecule has 0 spiro atoms. The molecule has 5 heteroatoms. The van der Waals surface area contributed by atoms with E-state index in [2.05, 4.69) is 0 Å². The molecule has 0 radical (unpaired) electrons. The molecule has 14 heavy (non-hydrogen) atoms. The van der Waals surface area contributed by atoms with Crippen LogP contribution in [0.1, 0.15) is 26.7 Å².